The Balaban J connectivity index is 2.46. The van der Waals surface area contributed by atoms with Crippen molar-refractivity contribution in [3.05, 3.63) is 0 Å². The van der Waals surface area contributed by atoms with Crippen molar-refractivity contribution in [3.8, 4) is 0 Å². The first kappa shape index (κ1) is 21.9. The topological polar surface area (TPSA) is 149 Å². The summed E-state index contributed by atoms with van der Waals surface area (Å²) in [6.45, 7) is 0. The Morgan fingerprint density at radius 1 is 0.654 bits per heavy atom. The largest absolute Gasteiger partial charge is 0.481 e. The highest BCUT2D eigenvalue weighted by atomic mass is 16.4. The number of carboxylic acid groups (broad SMARTS) is 4. The van der Waals surface area contributed by atoms with E-state index >= 15 is 0 Å². The zero-order valence-corrected chi connectivity index (χ0v) is 14.8. The van der Waals surface area contributed by atoms with Gasteiger partial charge < -0.3 is 20.4 Å². The molecule has 0 radical (unpaired) electrons. The molecule has 0 aromatic carbocycles. The number of rotatable bonds is 12. The molecule has 26 heavy (non-hydrogen) atoms. The number of carbonyl (C=O) groups is 4. The first-order valence-electron chi connectivity index (χ1n) is 9.15. The van der Waals surface area contributed by atoms with Gasteiger partial charge in [0.25, 0.3) is 0 Å². The predicted octanol–water partition coefficient (Wildman–Crippen LogP) is 2.70. The molecule has 1 saturated carbocycles. The van der Waals surface area contributed by atoms with E-state index in [1.165, 1.54) is 0 Å². The van der Waals surface area contributed by atoms with Gasteiger partial charge in [-0.25, -0.2) is 0 Å². The van der Waals surface area contributed by atoms with Crippen LogP contribution in [0.1, 0.15) is 64.2 Å². The van der Waals surface area contributed by atoms with Crippen molar-refractivity contribution in [2.75, 3.05) is 0 Å². The van der Waals surface area contributed by atoms with E-state index < -0.39 is 35.7 Å². The summed E-state index contributed by atoms with van der Waals surface area (Å²) in [7, 11) is 0. The Kier molecular flexibility index (Phi) is 9.09. The molecule has 8 heteroatoms. The van der Waals surface area contributed by atoms with Gasteiger partial charge in [0.05, 0.1) is 0 Å². The van der Waals surface area contributed by atoms with Crippen LogP contribution < -0.4 is 0 Å². The second kappa shape index (κ2) is 10.8. The highest BCUT2D eigenvalue weighted by Gasteiger charge is 2.29. The van der Waals surface area contributed by atoms with Gasteiger partial charge >= 0.3 is 23.9 Å². The minimum Gasteiger partial charge on any atom is -0.481 e. The Hall–Kier alpha value is -2.12. The van der Waals surface area contributed by atoms with E-state index in [2.05, 4.69) is 0 Å². The Bertz CT molecular complexity index is 441. The molecule has 1 aliphatic carbocycles. The molecule has 0 aliphatic heterocycles. The molecule has 0 spiro atoms. The number of hydrogen-bond acceptors (Lipinski definition) is 4. The summed E-state index contributed by atoms with van der Waals surface area (Å²) in [4.78, 5) is 43.7. The zero-order valence-electron chi connectivity index (χ0n) is 14.8. The summed E-state index contributed by atoms with van der Waals surface area (Å²) in [6.07, 6.45) is 6.92. The SMILES string of the molecule is O=C(O)C(CCCC1CCCCC1CCCC(C(=O)O)C(=O)O)C(=O)O. The van der Waals surface area contributed by atoms with Gasteiger partial charge in [-0.3, -0.25) is 19.2 Å². The van der Waals surface area contributed by atoms with E-state index in [0.717, 1.165) is 38.5 Å². The van der Waals surface area contributed by atoms with Crippen LogP contribution in [0.15, 0.2) is 0 Å². The third kappa shape index (κ3) is 7.01. The Labute approximate surface area is 152 Å². The average Bonchev–Trinajstić information content (AvgIpc) is 2.55. The zero-order chi connectivity index (χ0) is 19.7. The van der Waals surface area contributed by atoms with Gasteiger partial charge in [-0.15, -0.1) is 0 Å². The fraction of sp³-hybridized carbons (Fsp3) is 0.778. The second-order valence-corrected chi connectivity index (χ2v) is 7.12. The minimum atomic E-state index is -1.37. The van der Waals surface area contributed by atoms with Gasteiger partial charge in [0.2, 0.25) is 0 Å². The molecule has 0 saturated heterocycles. The molecule has 0 aromatic rings. The van der Waals surface area contributed by atoms with Gasteiger partial charge in [0, 0.05) is 0 Å². The summed E-state index contributed by atoms with van der Waals surface area (Å²) in [6, 6.07) is 0. The van der Waals surface area contributed by atoms with Crippen molar-refractivity contribution >= 4 is 23.9 Å². The molecule has 2 atom stereocenters. The molecular formula is C18H28O8. The second-order valence-electron chi connectivity index (χ2n) is 7.12. The molecule has 4 N–H and O–H groups in total. The first-order chi connectivity index (χ1) is 12.2. The lowest BCUT2D eigenvalue weighted by molar-refractivity contribution is -0.156. The first-order valence-corrected chi connectivity index (χ1v) is 9.15. The molecule has 1 fully saturated rings. The minimum absolute atomic E-state index is 0.105. The van der Waals surface area contributed by atoms with Crippen LogP contribution >= 0.6 is 0 Å². The van der Waals surface area contributed by atoms with Crippen LogP contribution in [-0.4, -0.2) is 44.3 Å². The van der Waals surface area contributed by atoms with Gasteiger partial charge in [0.15, 0.2) is 11.8 Å². The fourth-order valence-corrected chi connectivity index (χ4v) is 3.92. The van der Waals surface area contributed by atoms with Crippen molar-refractivity contribution in [1.29, 1.82) is 0 Å². The Morgan fingerprint density at radius 3 is 1.23 bits per heavy atom. The predicted molar refractivity (Wildman–Crippen MR) is 90.7 cm³/mol. The van der Waals surface area contributed by atoms with E-state index in [9.17, 15) is 19.2 Å². The van der Waals surface area contributed by atoms with E-state index in [-0.39, 0.29) is 12.8 Å². The van der Waals surface area contributed by atoms with E-state index in [1.54, 1.807) is 0 Å². The highest BCUT2D eigenvalue weighted by Crippen LogP contribution is 2.37. The molecule has 2 unspecified atom stereocenters. The molecule has 1 rings (SSSR count). The normalized spacial score (nSPS) is 20.2. The Morgan fingerprint density at radius 2 is 0.962 bits per heavy atom. The molecule has 0 bridgehead atoms. The maximum atomic E-state index is 10.9. The summed E-state index contributed by atoms with van der Waals surface area (Å²) in [5.74, 6) is -7.28. The molecule has 0 heterocycles. The van der Waals surface area contributed by atoms with E-state index in [0.29, 0.717) is 24.7 Å². The van der Waals surface area contributed by atoms with Crippen molar-refractivity contribution in [2.24, 2.45) is 23.7 Å². The van der Waals surface area contributed by atoms with Crippen LogP contribution in [0.5, 0.6) is 0 Å². The van der Waals surface area contributed by atoms with Crippen LogP contribution in [0.4, 0.5) is 0 Å². The van der Waals surface area contributed by atoms with E-state index in [4.69, 9.17) is 20.4 Å². The molecule has 1 aliphatic rings. The quantitative estimate of drug-likeness (QED) is 0.382. The maximum Gasteiger partial charge on any atom is 0.317 e. The smallest absolute Gasteiger partial charge is 0.317 e. The highest BCUT2D eigenvalue weighted by molar-refractivity contribution is 5.93. The third-order valence-corrected chi connectivity index (χ3v) is 5.39. The van der Waals surface area contributed by atoms with Crippen molar-refractivity contribution in [1.82, 2.24) is 0 Å². The standard InChI is InChI=1S/C18H28O8/c19-15(20)13(16(21)22)9-3-7-11-5-1-2-6-12(11)8-4-10-14(17(23)24)18(25)26/h11-14H,1-10H2,(H,19,20)(H,21,22)(H,23,24)(H,25,26). The van der Waals surface area contributed by atoms with Crippen LogP contribution in [0.3, 0.4) is 0 Å². The van der Waals surface area contributed by atoms with Crippen LogP contribution in [-0.2, 0) is 19.2 Å². The van der Waals surface area contributed by atoms with Gasteiger partial charge in [-0.1, -0.05) is 51.4 Å². The van der Waals surface area contributed by atoms with Gasteiger partial charge in [0.1, 0.15) is 0 Å². The number of carboxylic acids is 4. The summed E-state index contributed by atoms with van der Waals surface area (Å²) < 4.78 is 0. The molecule has 148 valence electrons. The molecule has 0 amide bonds. The average molecular weight is 372 g/mol. The monoisotopic (exact) mass is 372 g/mol. The number of hydrogen-bond donors (Lipinski definition) is 4. The van der Waals surface area contributed by atoms with Crippen LogP contribution in [0.25, 0.3) is 0 Å². The lowest BCUT2D eigenvalue weighted by Gasteiger charge is -2.32. The van der Waals surface area contributed by atoms with Crippen molar-refractivity contribution < 1.29 is 39.6 Å². The third-order valence-electron chi connectivity index (χ3n) is 5.39. The molecule has 8 nitrogen and oxygen atoms in total. The molecular weight excluding hydrogens is 344 g/mol. The lowest BCUT2D eigenvalue weighted by Crippen LogP contribution is -2.25. The lowest BCUT2D eigenvalue weighted by atomic mass is 9.74. The van der Waals surface area contributed by atoms with Crippen molar-refractivity contribution in [2.45, 2.75) is 64.2 Å². The summed E-state index contributed by atoms with van der Waals surface area (Å²) in [5, 5.41) is 35.7. The van der Waals surface area contributed by atoms with Crippen molar-refractivity contribution in [3.63, 3.8) is 0 Å². The number of aliphatic carboxylic acids is 4. The van der Waals surface area contributed by atoms with Crippen LogP contribution in [0, 0.1) is 23.7 Å². The van der Waals surface area contributed by atoms with Crippen LogP contribution in [0.2, 0.25) is 0 Å². The molecule has 0 aromatic heterocycles. The summed E-state index contributed by atoms with van der Waals surface area (Å²) in [5.41, 5.74) is 0. The summed E-state index contributed by atoms with van der Waals surface area (Å²) >= 11 is 0. The maximum absolute atomic E-state index is 10.9. The van der Waals surface area contributed by atoms with E-state index in [1.807, 2.05) is 0 Å². The van der Waals surface area contributed by atoms with Gasteiger partial charge in [-0.2, -0.15) is 0 Å². The van der Waals surface area contributed by atoms with Gasteiger partial charge in [-0.05, 0) is 24.7 Å². The fourth-order valence-electron chi connectivity index (χ4n) is 3.92.